The van der Waals surface area contributed by atoms with Crippen LogP contribution >= 0.6 is 0 Å². The third-order valence-corrected chi connectivity index (χ3v) is 4.41. The molecule has 3 nitrogen and oxygen atoms in total. The van der Waals surface area contributed by atoms with Gasteiger partial charge >= 0.3 is 0 Å². The van der Waals surface area contributed by atoms with Crippen LogP contribution < -0.4 is 4.74 Å². The number of rotatable bonds is 6. The average Bonchev–Trinajstić information content (AvgIpc) is 2.48. The van der Waals surface area contributed by atoms with Gasteiger partial charge in [-0.1, -0.05) is 44.4 Å². The first-order valence-corrected chi connectivity index (χ1v) is 7.56. The molecule has 2 rings (SSSR count). The summed E-state index contributed by atoms with van der Waals surface area (Å²) in [6, 6.07) is 7.82. The summed E-state index contributed by atoms with van der Waals surface area (Å²) < 4.78 is 10.8. The van der Waals surface area contributed by atoms with Crippen molar-refractivity contribution in [2.75, 3.05) is 20.3 Å². The molecule has 1 fully saturated rings. The van der Waals surface area contributed by atoms with Gasteiger partial charge in [-0.3, -0.25) is 0 Å². The molecule has 1 atom stereocenters. The third-order valence-electron chi connectivity index (χ3n) is 4.41. The third kappa shape index (κ3) is 3.53. The fourth-order valence-electron chi connectivity index (χ4n) is 3.08. The van der Waals surface area contributed by atoms with Crippen LogP contribution in [0.2, 0.25) is 0 Å². The van der Waals surface area contributed by atoms with Crippen molar-refractivity contribution in [3.05, 3.63) is 29.8 Å². The zero-order valence-electron chi connectivity index (χ0n) is 12.6. The molecule has 0 heterocycles. The first-order valence-electron chi connectivity index (χ1n) is 7.56. The summed E-state index contributed by atoms with van der Waals surface area (Å²) in [5, 5.41) is 10.8. The standard InChI is InChI=1S/C17H26O3/c1-17(10-6-3-7-11-17)16(18)14-8-4-5-9-15(14)20-13-12-19-2/h4-5,8-9,16,18H,3,6-7,10-13H2,1-2H3. The Kier molecular flexibility index (Phi) is 5.44. The quantitative estimate of drug-likeness (QED) is 0.806. The van der Waals surface area contributed by atoms with E-state index < -0.39 is 6.10 Å². The molecule has 1 saturated carbocycles. The van der Waals surface area contributed by atoms with Gasteiger partial charge in [0.2, 0.25) is 0 Å². The molecule has 0 aliphatic heterocycles. The molecule has 0 aromatic heterocycles. The van der Waals surface area contributed by atoms with Gasteiger partial charge < -0.3 is 14.6 Å². The van der Waals surface area contributed by atoms with Gasteiger partial charge in [0.05, 0.1) is 12.7 Å². The summed E-state index contributed by atoms with van der Waals surface area (Å²) in [6.07, 6.45) is 5.41. The zero-order chi connectivity index (χ0) is 14.4. The smallest absolute Gasteiger partial charge is 0.125 e. The Labute approximate surface area is 121 Å². The number of hydrogen-bond acceptors (Lipinski definition) is 3. The highest BCUT2D eigenvalue weighted by Crippen LogP contribution is 2.47. The van der Waals surface area contributed by atoms with E-state index in [0.29, 0.717) is 13.2 Å². The van der Waals surface area contributed by atoms with Crippen molar-refractivity contribution in [1.29, 1.82) is 0 Å². The fraction of sp³-hybridized carbons (Fsp3) is 0.647. The Hall–Kier alpha value is -1.06. The van der Waals surface area contributed by atoms with Gasteiger partial charge in [-0.25, -0.2) is 0 Å². The number of aliphatic hydroxyl groups excluding tert-OH is 1. The molecule has 0 amide bonds. The van der Waals surface area contributed by atoms with E-state index in [1.165, 1.54) is 19.3 Å². The van der Waals surface area contributed by atoms with Crippen molar-refractivity contribution >= 4 is 0 Å². The predicted octanol–water partition coefficient (Wildman–Crippen LogP) is 3.72. The van der Waals surface area contributed by atoms with Crippen molar-refractivity contribution in [1.82, 2.24) is 0 Å². The zero-order valence-corrected chi connectivity index (χ0v) is 12.6. The minimum atomic E-state index is -0.457. The van der Waals surface area contributed by atoms with E-state index in [9.17, 15) is 5.11 Å². The fourth-order valence-corrected chi connectivity index (χ4v) is 3.08. The maximum atomic E-state index is 10.8. The summed E-state index contributed by atoms with van der Waals surface area (Å²) in [7, 11) is 1.66. The van der Waals surface area contributed by atoms with Gasteiger partial charge in [-0.2, -0.15) is 0 Å². The number of benzene rings is 1. The predicted molar refractivity (Wildman–Crippen MR) is 80.0 cm³/mol. The van der Waals surface area contributed by atoms with Crippen LogP contribution in [0.3, 0.4) is 0 Å². The summed E-state index contributed by atoms with van der Waals surface area (Å²) in [5.74, 6) is 0.781. The van der Waals surface area contributed by atoms with Gasteiger partial charge in [0.25, 0.3) is 0 Å². The lowest BCUT2D eigenvalue weighted by Gasteiger charge is -2.38. The SMILES string of the molecule is COCCOc1ccccc1C(O)C1(C)CCCCC1. The lowest BCUT2D eigenvalue weighted by Crippen LogP contribution is -2.28. The first kappa shape index (κ1) is 15.3. The second-order valence-corrected chi connectivity index (χ2v) is 6.00. The topological polar surface area (TPSA) is 38.7 Å². The summed E-state index contributed by atoms with van der Waals surface area (Å²) >= 11 is 0. The van der Waals surface area contributed by atoms with Gasteiger partial charge in [-0.05, 0) is 24.3 Å². The Morgan fingerprint density at radius 3 is 2.55 bits per heavy atom. The van der Waals surface area contributed by atoms with Crippen molar-refractivity contribution in [2.24, 2.45) is 5.41 Å². The molecule has 0 spiro atoms. The van der Waals surface area contributed by atoms with E-state index in [4.69, 9.17) is 9.47 Å². The van der Waals surface area contributed by atoms with Crippen LogP contribution in [0.25, 0.3) is 0 Å². The number of para-hydroxylation sites is 1. The van der Waals surface area contributed by atoms with Crippen LogP contribution in [0, 0.1) is 5.41 Å². The Morgan fingerprint density at radius 2 is 1.85 bits per heavy atom. The summed E-state index contributed by atoms with van der Waals surface area (Å²) in [6.45, 7) is 3.27. The average molecular weight is 278 g/mol. The normalized spacial score (nSPS) is 19.6. The lowest BCUT2D eigenvalue weighted by molar-refractivity contribution is 0.00596. The molecule has 3 heteroatoms. The van der Waals surface area contributed by atoms with Crippen LogP contribution in [0.5, 0.6) is 5.75 Å². The van der Waals surface area contributed by atoms with E-state index in [2.05, 4.69) is 6.92 Å². The molecule has 0 saturated heterocycles. The minimum absolute atomic E-state index is 0.0288. The second kappa shape index (κ2) is 7.09. The highest BCUT2D eigenvalue weighted by Gasteiger charge is 2.36. The summed E-state index contributed by atoms with van der Waals surface area (Å²) in [4.78, 5) is 0. The van der Waals surface area contributed by atoms with Crippen LogP contribution in [-0.4, -0.2) is 25.4 Å². The lowest BCUT2D eigenvalue weighted by atomic mass is 9.70. The monoisotopic (exact) mass is 278 g/mol. The Morgan fingerprint density at radius 1 is 1.15 bits per heavy atom. The maximum absolute atomic E-state index is 10.8. The number of hydrogen-bond donors (Lipinski definition) is 1. The van der Waals surface area contributed by atoms with Crippen LogP contribution in [-0.2, 0) is 4.74 Å². The van der Waals surface area contributed by atoms with Crippen molar-refractivity contribution in [2.45, 2.75) is 45.1 Å². The Balaban J connectivity index is 2.13. The van der Waals surface area contributed by atoms with E-state index in [0.717, 1.165) is 24.2 Å². The maximum Gasteiger partial charge on any atom is 0.125 e. The first-order chi connectivity index (χ1) is 9.67. The molecule has 20 heavy (non-hydrogen) atoms. The number of methoxy groups -OCH3 is 1. The Bertz CT molecular complexity index is 410. The van der Waals surface area contributed by atoms with Gasteiger partial charge in [-0.15, -0.1) is 0 Å². The summed E-state index contributed by atoms with van der Waals surface area (Å²) in [5.41, 5.74) is 0.881. The van der Waals surface area contributed by atoms with Crippen molar-refractivity contribution < 1.29 is 14.6 Å². The molecule has 1 aliphatic carbocycles. The molecule has 0 radical (unpaired) electrons. The minimum Gasteiger partial charge on any atom is -0.491 e. The molecule has 1 aromatic rings. The molecular formula is C17H26O3. The van der Waals surface area contributed by atoms with Gasteiger partial charge in [0, 0.05) is 12.7 Å². The van der Waals surface area contributed by atoms with Crippen molar-refractivity contribution in [3.63, 3.8) is 0 Å². The highest BCUT2D eigenvalue weighted by atomic mass is 16.5. The number of ether oxygens (including phenoxy) is 2. The van der Waals surface area contributed by atoms with Crippen molar-refractivity contribution in [3.8, 4) is 5.75 Å². The van der Waals surface area contributed by atoms with Gasteiger partial charge in [0.1, 0.15) is 12.4 Å². The van der Waals surface area contributed by atoms with Crippen LogP contribution in [0.15, 0.2) is 24.3 Å². The molecule has 1 N–H and O–H groups in total. The largest absolute Gasteiger partial charge is 0.491 e. The van der Waals surface area contributed by atoms with E-state index in [-0.39, 0.29) is 5.41 Å². The molecule has 1 aliphatic rings. The molecule has 0 bridgehead atoms. The van der Waals surface area contributed by atoms with Crippen LogP contribution in [0.1, 0.15) is 50.7 Å². The van der Waals surface area contributed by atoms with E-state index in [1.54, 1.807) is 7.11 Å². The van der Waals surface area contributed by atoms with Crippen LogP contribution in [0.4, 0.5) is 0 Å². The van der Waals surface area contributed by atoms with Gasteiger partial charge in [0.15, 0.2) is 0 Å². The highest BCUT2D eigenvalue weighted by molar-refractivity contribution is 5.36. The molecule has 112 valence electrons. The van der Waals surface area contributed by atoms with E-state index >= 15 is 0 Å². The molecular weight excluding hydrogens is 252 g/mol. The molecule has 1 aromatic carbocycles. The van der Waals surface area contributed by atoms with E-state index in [1.807, 2.05) is 24.3 Å². The second-order valence-electron chi connectivity index (χ2n) is 6.00. The molecule has 1 unspecified atom stereocenters. The number of aliphatic hydroxyl groups is 1.